The van der Waals surface area contributed by atoms with Crippen molar-refractivity contribution < 1.29 is 17.9 Å². The third-order valence-corrected chi connectivity index (χ3v) is 6.60. The molecule has 0 aliphatic carbocycles. The molecule has 2 fully saturated rings. The average Bonchev–Trinajstić information content (AvgIpc) is 3.26. The van der Waals surface area contributed by atoms with Crippen molar-refractivity contribution in [1.82, 2.24) is 19.1 Å². The van der Waals surface area contributed by atoms with E-state index < -0.39 is 10.0 Å². The van der Waals surface area contributed by atoms with E-state index in [0.29, 0.717) is 25.3 Å². The topological polar surface area (TPSA) is 83.9 Å². The fourth-order valence-electron chi connectivity index (χ4n) is 3.22. The molecule has 1 N–H and O–H groups in total. The van der Waals surface area contributed by atoms with E-state index in [0.717, 1.165) is 45.7 Å². The molecule has 2 saturated heterocycles. The minimum Gasteiger partial charge on any atom is -0.379 e. The number of carbonyl (C=O) groups is 1. The number of hydrogen-bond donors (Lipinski definition) is 1. The van der Waals surface area contributed by atoms with Gasteiger partial charge >= 0.3 is 0 Å². The van der Waals surface area contributed by atoms with Gasteiger partial charge in [-0.15, -0.1) is 0 Å². The molecular formula is C16H26N4O4S. The number of amides is 1. The molecular weight excluding hydrogens is 344 g/mol. The van der Waals surface area contributed by atoms with Gasteiger partial charge in [0.15, 0.2) is 0 Å². The normalized spacial score (nSPS) is 20.0. The van der Waals surface area contributed by atoms with E-state index in [2.05, 4.69) is 10.2 Å². The Morgan fingerprint density at radius 2 is 1.88 bits per heavy atom. The van der Waals surface area contributed by atoms with Crippen LogP contribution < -0.4 is 5.32 Å². The first-order valence-electron chi connectivity index (χ1n) is 8.73. The number of rotatable bonds is 6. The van der Waals surface area contributed by atoms with Gasteiger partial charge in [-0.25, -0.2) is 8.42 Å². The van der Waals surface area contributed by atoms with Crippen LogP contribution in [-0.4, -0.2) is 80.6 Å². The van der Waals surface area contributed by atoms with Crippen LogP contribution in [0.25, 0.3) is 0 Å². The number of sulfonamides is 1. The number of carbonyl (C=O) groups excluding carboxylic acids is 1. The van der Waals surface area contributed by atoms with E-state index >= 15 is 0 Å². The molecule has 3 rings (SSSR count). The van der Waals surface area contributed by atoms with Crippen molar-refractivity contribution in [2.24, 2.45) is 7.05 Å². The minimum absolute atomic E-state index is 0.190. The Hall–Kier alpha value is -1.42. The molecule has 25 heavy (non-hydrogen) atoms. The second kappa shape index (κ2) is 7.86. The van der Waals surface area contributed by atoms with Gasteiger partial charge in [-0.1, -0.05) is 0 Å². The third kappa shape index (κ3) is 4.22. The minimum atomic E-state index is -3.50. The van der Waals surface area contributed by atoms with Crippen LogP contribution in [0.4, 0.5) is 0 Å². The van der Waals surface area contributed by atoms with Gasteiger partial charge in [0.25, 0.3) is 5.91 Å². The molecule has 140 valence electrons. The van der Waals surface area contributed by atoms with Gasteiger partial charge in [-0.3, -0.25) is 9.69 Å². The van der Waals surface area contributed by atoms with Crippen LogP contribution >= 0.6 is 0 Å². The summed E-state index contributed by atoms with van der Waals surface area (Å²) in [6, 6.07) is 1.47. The fourth-order valence-corrected chi connectivity index (χ4v) is 4.81. The summed E-state index contributed by atoms with van der Waals surface area (Å²) in [6.45, 7) is 5.59. The largest absolute Gasteiger partial charge is 0.379 e. The summed E-state index contributed by atoms with van der Waals surface area (Å²) in [6.07, 6.45) is 3.30. The molecule has 0 saturated carbocycles. The molecule has 0 unspecified atom stereocenters. The van der Waals surface area contributed by atoms with Crippen LogP contribution in [0.1, 0.15) is 23.3 Å². The molecule has 8 nitrogen and oxygen atoms in total. The molecule has 1 amide bonds. The second-order valence-corrected chi connectivity index (χ2v) is 8.43. The molecule has 0 radical (unpaired) electrons. The highest BCUT2D eigenvalue weighted by atomic mass is 32.2. The molecule has 9 heteroatoms. The number of morpholine rings is 1. The van der Waals surface area contributed by atoms with Gasteiger partial charge in [0, 0.05) is 52.5 Å². The quantitative estimate of drug-likeness (QED) is 0.754. The third-order valence-electron chi connectivity index (χ3n) is 4.73. The van der Waals surface area contributed by atoms with Crippen LogP contribution in [0.15, 0.2) is 17.2 Å². The number of hydrogen-bond acceptors (Lipinski definition) is 5. The van der Waals surface area contributed by atoms with Gasteiger partial charge in [0.05, 0.1) is 13.2 Å². The smallest absolute Gasteiger partial charge is 0.267 e. The number of aryl methyl sites for hydroxylation is 1. The zero-order valence-electron chi connectivity index (χ0n) is 14.6. The van der Waals surface area contributed by atoms with Crippen LogP contribution in [0.2, 0.25) is 0 Å². The summed E-state index contributed by atoms with van der Waals surface area (Å²) in [7, 11) is -1.81. The summed E-state index contributed by atoms with van der Waals surface area (Å²) in [5.74, 6) is -0.251. The first kappa shape index (κ1) is 18.4. The van der Waals surface area contributed by atoms with Crippen molar-refractivity contribution in [3.05, 3.63) is 18.0 Å². The van der Waals surface area contributed by atoms with E-state index in [1.54, 1.807) is 11.6 Å². The van der Waals surface area contributed by atoms with Crippen molar-refractivity contribution >= 4 is 15.9 Å². The maximum atomic E-state index is 12.6. The fraction of sp³-hybridized carbons (Fsp3) is 0.688. The SMILES string of the molecule is Cn1cc(S(=O)(=O)N2CCCC2)cc1C(=O)NCCN1CCOCC1. The first-order chi connectivity index (χ1) is 12.0. The van der Waals surface area contributed by atoms with Gasteiger partial charge < -0.3 is 14.6 Å². The highest BCUT2D eigenvalue weighted by Gasteiger charge is 2.29. The van der Waals surface area contributed by atoms with Crippen molar-refractivity contribution in [2.75, 3.05) is 52.5 Å². The number of ether oxygens (including phenoxy) is 1. The summed E-state index contributed by atoms with van der Waals surface area (Å²) in [5.41, 5.74) is 0.361. The molecule has 0 bridgehead atoms. The zero-order valence-corrected chi connectivity index (χ0v) is 15.4. The lowest BCUT2D eigenvalue weighted by molar-refractivity contribution is 0.0383. The van der Waals surface area contributed by atoms with Crippen LogP contribution in [0.5, 0.6) is 0 Å². The Morgan fingerprint density at radius 3 is 2.56 bits per heavy atom. The van der Waals surface area contributed by atoms with Crippen LogP contribution in [-0.2, 0) is 21.8 Å². The van der Waals surface area contributed by atoms with Gasteiger partial charge in [0.2, 0.25) is 10.0 Å². The van der Waals surface area contributed by atoms with E-state index in [1.165, 1.54) is 16.6 Å². The average molecular weight is 370 g/mol. The van der Waals surface area contributed by atoms with Gasteiger partial charge in [-0.2, -0.15) is 4.31 Å². The number of nitrogens with one attached hydrogen (secondary N) is 1. The molecule has 3 heterocycles. The number of aromatic nitrogens is 1. The monoisotopic (exact) mass is 370 g/mol. The Morgan fingerprint density at radius 1 is 1.20 bits per heavy atom. The summed E-state index contributed by atoms with van der Waals surface area (Å²) in [5, 5.41) is 2.87. The maximum absolute atomic E-state index is 12.6. The molecule has 1 aromatic rings. The molecule has 1 aromatic heterocycles. The van der Waals surface area contributed by atoms with E-state index in [-0.39, 0.29) is 10.8 Å². The number of nitrogens with zero attached hydrogens (tertiary/aromatic N) is 3. The van der Waals surface area contributed by atoms with Gasteiger partial charge in [-0.05, 0) is 18.9 Å². The van der Waals surface area contributed by atoms with Crippen molar-refractivity contribution in [3.8, 4) is 0 Å². The maximum Gasteiger partial charge on any atom is 0.267 e. The molecule has 2 aliphatic rings. The molecule has 0 aromatic carbocycles. The standard InChI is InChI=1S/C16H26N4O4S/c1-18-13-14(25(22,23)20-5-2-3-6-20)12-15(18)16(21)17-4-7-19-8-10-24-11-9-19/h12-13H,2-11H2,1H3,(H,17,21). The van der Waals surface area contributed by atoms with Crippen molar-refractivity contribution in [1.29, 1.82) is 0 Å². The summed E-state index contributed by atoms with van der Waals surface area (Å²) < 4.78 is 33.6. The van der Waals surface area contributed by atoms with E-state index in [4.69, 9.17) is 4.74 Å². The summed E-state index contributed by atoms with van der Waals surface area (Å²) >= 11 is 0. The van der Waals surface area contributed by atoms with E-state index in [1.807, 2.05) is 0 Å². The van der Waals surface area contributed by atoms with Crippen LogP contribution in [0, 0.1) is 0 Å². The molecule has 0 spiro atoms. The lowest BCUT2D eigenvalue weighted by atomic mass is 10.3. The van der Waals surface area contributed by atoms with Crippen molar-refractivity contribution in [2.45, 2.75) is 17.7 Å². The Labute approximate surface area is 148 Å². The summed E-state index contributed by atoms with van der Waals surface area (Å²) in [4.78, 5) is 14.8. The first-order valence-corrected chi connectivity index (χ1v) is 10.2. The second-order valence-electron chi connectivity index (χ2n) is 6.49. The zero-order chi connectivity index (χ0) is 17.9. The van der Waals surface area contributed by atoms with E-state index in [9.17, 15) is 13.2 Å². The predicted octanol–water partition coefficient (Wildman–Crippen LogP) is -0.128. The predicted molar refractivity (Wildman–Crippen MR) is 93.0 cm³/mol. The van der Waals surface area contributed by atoms with Crippen LogP contribution in [0.3, 0.4) is 0 Å². The molecule has 2 aliphatic heterocycles. The Bertz CT molecular complexity index is 704. The Balaban J connectivity index is 1.60. The lowest BCUT2D eigenvalue weighted by Crippen LogP contribution is -2.41. The van der Waals surface area contributed by atoms with Gasteiger partial charge in [0.1, 0.15) is 10.6 Å². The lowest BCUT2D eigenvalue weighted by Gasteiger charge is -2.26. The molecule has 0 atom stereocenters. The highest BCUT2D eigenvalue weighted by molar-refractivity contribution is 7.89. The highest BCUT2D eigenvalue weighted by Crippen LogP contribution is 2.22. The van der Waals surface area contributed by atoms with Crippen molar-refractivity contribution in [3.63, 3.8) is 0 Å². The Kier molecular flexibility index (Phi) is 5.78.